The third kappa shape index (κ3) is 5.18. The van der Waals surface area contributed by atoms with Gasteiger partial charge in [0.15, 0.2) is 5.11 Å². The van der Waals surface area contributed by atoms with Crippen LogP contribution in [0.15, 0.2) is 66.9 Å². The Kier molecular flexibility index (Phi) is 7.95. The van der Waals surface area contributed by atoms with Crippen molar-refractivity contribution in [1.82, 2.24) is 14.9 Å². The number of aromatic nitrogens is 2. The minimum absolute atomic E-state index is 0.0544. The highest BCUT2D eigenvalue weighted by atomic mass is 32.1. The molecule has 0 bridgehead atoms. The van der Waals surface area contributed by atoms with Gasteiger partial charge in [0.05, 0.1) is 35.9 Å². The monoisotopic (exact) mass is 584 g/mol. The van der Waals surface area contributed by atoms with E-state index in [2.05, 4.69) is 26.6 Å². The van der Waals surface area contributed by atoms with Gasteiger partial charge in [0.1, 0.15) is 11.4 Å². The van der Waals surface area contributed by atoms with E-state index >= 15 is 0 Å². The normalized spacial score (nSPS) is 16.3. The van der Waals surface area contributed by atoms with Crippen LogP contribution >= 0.6 is 12.2 Å². The molecule has 216 valence electrons. The minimum atomic E-state index is -0.396. The Labute approximate surface area is 249 Å². The Morgan fingerprint density at radius 3 is 2.57 bits per heavy atom. The fourth-order valence-electron chi connectivity index (χ4n) is 5.55. The first-order valence-electron chi connectivity index (χ1n) is 13.6. The lowest BCUT2D eigenvalue weighted by atomic mass is 9.96. The molecule has 2 N–H and O–H groups in total. The van der Waals surface area contributed by atoms with Crippen LogP contribution in [0.1, 0.15) is 53.6 Å². The summed E-state index contributed by atoms with van der Waals surface area (Å²) >= 11 is 5.91. The molecule has 10 nitrogen and oxygen atoms in total. The van der Waals surface area contributed by atoms with Gasteiger partial charge in [-0.25, -0.2) is 0 Å². The number of nitrogens with one attached hydrogen (secondary N) is 2. The van der Waals surface area contributed by atoms with E-state index in [0.29, 0.717) is 23.0 Å². The summed E-state index contributed by atoms with van der Waals surface area (Å²) < 4.78 is 7.15. The van der Waals surface area contributed by atoms with Crippen molar-refractivity contribution in [2.45, 2.75) is 46.2 Å². The van der Waals surface area contributed by atoms with Crippen LogP contribution in [0.3, 0.4) is 0 Å². The molecule has 11 heteroatoms. The molecule has 0 unspecified atom stereocenters. The molecular formula is C31H32N6O4S. The maximum atomic E-state index is 12.1. The number of thiocarbonyl (C=S) groups is 1. The quantitative estimate of drug-likeness (QED) is 0.142. The number of benzene rings is 2. The Balaban J connectivity index is 1.66. The van der Waals surface area contributed by atoms with Crippen molar-refractivity contribution in [3.63, 3.8) is 0 Å². The number of pyridine rings is 1. The summed E-state index contributed by atoms with van der Waals surface area (Å²) in [5, 5.41) is 19.0. The first-order chi connectivity index (χ1) is 20.1. The molecule has 0 spiro atoms. The predicted octanol–water partition coefficient (Wildman–Crippen LogP) is 6.24. The van der Waals surface area contributed by atoms with Gasteiger partial charge in [-0.2, -0.15) is 0 Å². The first kappa shape index (κ1) is 28.7. The smallest absolute Gasteiger partial charge is 0.296 e. The number of amides is 1. The molecule has 5 rings (SSSR count). The molecule has 1 fully saturated rings. The van der Waals surface area contributed by atoms with Crippen molar-refractivity contribution < 1.29 is 14.5 Å². The summed E-state index contributed by atoms with van der Waals surface area (Å²) in [6.45, 7) is 7.65. The zero-order valence-corrected chi connectivity index (χ0v) is 24.9. The number of carbonyl (C=O) groups is 1. The van der Waals surface area contributed by atoms with Crippen LogP contribution in [0.2, 0.25) is 0 Å². The van der Waals surface area contributed by atoms with Crippen molar-refractivity contribution in [2.75, 3.05) is 17.3 Å². The van der Waals surface area contributed by atoms with E-state index in [4.69, 9.17) is 17.0 Å². The molecule has 1 aliphatic heterocycles. The van der Waals surface area contributed by atoms with Gasteiger partial charge < -0.3 is 24.8 Å². The summed E-state index contributed by atoms with van der Waals surface area (Å²) in [5.41, 5.74) is 6.32. The molecule has 4 aromatic rings. The van der Waals surface area contributed by atoms with Crippen LogP contribution in [-0.2, 0) is 4.79 Å². The average molecular weight is 585 g/mol. The van der Waals surface area contributed by atoms with Crippen molar-refractivity contribution in [3.05, 3.63) is 105 Å². The molecular weight excluding hydrogens is 552 g/mol. The summed E-state index contributed by atoms with van der Waals surface area (Å²) in [5.74, 6) is 0.353. The zero-order chi connectivity index (χ0) is 30.1. The Morgan fingerprint density at radius 2 is 1.93 bits per heavy atom. The molecule has 0 aliphatic carbocycles. The van der Waals surface area contributed by atoms with Gasteiger partial charge >= 0.3 is 0 Å². The van der Waals surface area contributed by atoms with Gasteiger partial charge in [0.25, 0.3) is 5.69 Å². The highest BCUT2D eigenvalue weighted by Crippen LogP contribution is 2.45. The first-order valence-corrected chi connectivity index (χ1v) is 14.0. The minimum Gasteiger partial charge on any atom is -0.496 e. The van der Waals surface area contributed by atoms with Crippen molar-refractivity contribution >= 4 is 40.3 Å². The predicted molar refractivity (Wildman–Crippen MR) is 166 cm³/mol. The largest absolute Gasteiger partial charge is 0.496 e. The summed E-state index contributed by atoms with van der Waals surface area (Å²) in [4.78, 5) is 30.4. The number of rotatable bonds is 8. The van der Waals surface area contributed by atoms with Crippen molar-refractivity contribution in [3.8, 4) is 11.4 Å². The molecule has 42 heavy (non-hydrogen) atoms. The molecule has 0 radical (unpaired) electrons. The number of nitrogens with zero attached hydrogens (tertiary/aromatic N) is 4. The maximum absolute atomic E-state index is 12.1. The van der Waals surface area contributed by atoms with Gasteiger partial charge in [-0.3, -0.25) is 19.9 Å². The molecule has 1 amide bonds. The van der Waals surface area contributed by atoms with Gasteiger partial charge in [0.2, 0.25) is 5.91 Å². The SMILES string of the molecule is CCC(=O)Nc1ccc(N2C(=S)N[C@@H](c3ccccn3)[C@H]2c2cc(C)n(-c3ccc(OC)cc3[N+](=O)[O-])c2C)cc1C. The number of aryl methyl sites for hydroxylation is 2. The van der Waals surface area contributed by atoms with Crippen molar-refractivity contribution in [1.29, 1.82) is 0 Å². The van der Waals surface area contributed by atoms with E-state index in [0.717, 1.165) is 39.6 Å². The van der Waals surface area contributed by atoms with Crippen LogP contribution in [-0.4, -0.2) is 32.6 Å². The lowest BCUT2D eigenvalue weighted by Crippen LogP contribution is -2.29. The topological polar surface area (TPSA) is 115 Å². The van der Waals surface area contributed by atoms with Crippen LogP contribution in [0.25, 0.3) is 5.69 Å². The molecule has 1 aliphatic rings. The van der Waals surface area contributed by atoms with Gasteiger partial charge in [0, 0.05) is 35.4 Å². The standard InChI is InChI=1S/C31H32N6O4S/c1-6-28(38)33-24-12-10-21(15-18(24)2)36-30(29(34-31(36)42)25-9-7-8-14-32-25)23-16-19(3)35(20(23)4)26-13-11-22(41-5)17-27(26)37(39)40/h7-17,29-30H,6H2,1-5H3,(H,33,38)(H,34,42)/t29-,30+/m0/s1. The second-order valence-electron chi connectivity index (χ2n) is 10.2. The molecule has 3 heterocycles. The van der Waals surface area contributed by atoms with E-state index in [1.807, 2.05) is 68.7 Å². The Hall–Kier alpha value is -4.77. The number of hydrogen-bond donors (Lipinski definition) is 2. The Morgan fingerprint density at radius 1 is 1.14 bits per heavy atom. The summed E-state index contributed by atoms with van der Waals surface area (Å²) in [6, 6.07) is 17.9. The van der Waals surface area contributed by atoms with Gasteiger partial charge in [-0.05, 0) is 92.6 Å². The summed E-state index contributed by atoms with van der Waals surface area (Å²) in [6.07, 6.45) is 2.14. The number of methoxy groups -OCH3 is 1. The Bertz CT molecular complexity index is 1690. The highest BCUT2D eigenvalue weighted by Gasteiger charge is 2.42. The molecule has 1 saturated heterocycles. The fraction of sp³-hybridized carbons (Fsp3) is 0.258. The lowest BCUT2D eigenvalue weighted by molar-refractivity contribution is -0.384. The van der Waals surface area contributed by atoms with E-state index in [-0.39, 0.29) is 23.7 Å². The van der Waals surface area contributed by atoms with Crippen LogP contribution in [0.5, 0.6) is 5.75 Å². The molecule has 2 aromatic carbocycles. The number of anilines is 2. The highest BCUT2D eigenvalue weighted by molar-refractivity contribution is 7.80. The van der Waals surface area contributed by atoms with E-state index < -0.39 is 4.92 Å². The average Bonchev–Trinajstić information content (AvgIpc) is 3.48. The second-order valence-corrected chi connectivity index (χ2v) is 10.6. The summed E-state index contributed by atoms with van der Waals surface area (Å²) in [7, 11) is 1.48. The van der Waals surface area contributed by atoms with E-state index in [1.165, 1.54) is 13.2 Å². The van der Waals surface area contributed by atoms with Crippen LogP contribution in [0, 0.1) is 30.9 Å². The number of carbonyl (C=O) groups excluding carboxylic acids is 1. The second kappa shape index (κ2) is 11.6. The van der Waals surface area contributed by atoms with E-state index in [1.54, 1.807) is 18.3 Å². The van der Waals surface area contributed by atoms with Crippen LogP contribution < -0.4 is 20.3 Å². The third-order valence-electron chi connectivity index (χ3n) is 7.59. The van der Waals surface area contributed by atoms with Gasteiger partial charge in [-0.1, -0.05) is 13.0 Å². The van der Waals surface area contributed by atoms with Crippen molar-refractivity contribution in [2.24, 2.45) is 0 Å². The number of nitro groups is 1. The maximum Gasteiger partial charge on any atom is 0.296 e. The van der Waals surface area contributed by atoms with Gasteiger partial charge in [-0.15, -0.1) is 0 Å². The molecule has 2 atom stereocenters. The lowest BCUT2D eigenvalue weighted by Gasteiger charge is -2.29. The number of ether oxygens (including phenoxy) is 1. The van der Waals surface area contributed by atoms with E-state index in [9.17, 15) is 14.9 Å². The molecule has 2 aromatic heterocycles. The third-order valence-corrected chi connectivity index (χ3v) is 7.91. The zero-order valence-electron chi connectivity index (χ0n) is 24.0. The molecule has 0 saturated carbocycles. The van der Waals surface area contributed by atoms with Crippen LogP contribution in [0.4, 0.5) is 17.1 Å². The number of nitro benzene ring substituents is 1. The fourth-order valence-corrected chi connectivity index (χ4v) is 5.89. The number of hydrogen-bond acceptors (Lipinski definition) is 6.